The predicted octanol–water partition coefficient (Wildman–Crippen LogP) is 3.76. The molecule has 3 heterocycles. The Hall–Kier alpha value is -3.48. The summed E-state index contributed by atoms with van der Waals surface area (Å²) in [7, 11) is 0. The van der Waals surface area contributed by atoms with Crippen molar-refractivity contribution in [3.8, 4) is 11.6 Å². The van der Waals surface area contributed by atoms with Gasteiger partial charge in [0.1, 0.15) is 17.9 Å². The zero-order chi connectivity index (χ0) is 21.5. The molecule has 1 N–H and O–H groups in total. The van der Waals surface area contributed by atoms with Gasteiger partial charge in [0, 0.05) is 44.0 Å². The minimum atomic E-state index is 0.0210. The van der Waals surface area contributed by atoms with E-state index in [0.29, 0.717) is 12.4 Å². The van der Waals surface area contributed by atoms with E-state index in [0.717, 1.165) is 49.5 Å². The number of piperidine rings is 1. The monoisotopic (exact) mass is 417 g/mol. The third-order valence-electron chi connectivity index (χ3n) is 5.59. The van der Waals surface area contributed by atoms with Gasteiger partial charge in [0.15, 0.2) is 0 Å². The number of nitrogens with zero attached hydrogens (tertiary/aromatic N) is 4. The van der Waals surface area contributed by atoms with Crippen LogP contribution in [0.4, 0.5) is 5.82 Å². The summed E-state index contributed by atoms with van der Waals surface area (Å²) in [5, 5.41) is 3.04. The fraction of sp³-hybridized carbons (Fsp3) is 0.333. The highest BCUT2D eigenvalue weighted by Crippen LogP contribution is 2.26. The molecule has 3 aromatic rings. The quantitative estimate of drug-likeness (QED) is 0.631. The van der Waals surface area contributed by atoms with Gasteiger partial charge in [-0.25, -0.2) is 9.97 Å². The van der Waals surface area contributed by atoms with E-state index in [9.17, 15) is 4.79 Å². The van der Waals surface area contributed by atoms with Crippen LogP contribution in [-0.2, 0) is 17.8 Å². The van der Waals surface area contributed by atoms with Crippen LogP contribution in [-0.4, -0.2) is 33.9 Å². The highest BCUT2D eigenvalue weighted by Gasteiger charge is 2.25. The number of aromatic nitrogens is 3. The number of amides is 1. The summed E-state index contributed by atoms with van der Waals surface area (Å²) in [5.41, 5.74) is 2.32. The number of pyridine rings is 1. The van der Waals surface area contributed by atoms with E-state index >= 15 is 0 Å². The number of aryl methyl sites for hydroxylation is 1. The van der Waals surface area contributed by atoms with Crippen LogP contribution in [0.2, 0.25) is 0 Å². The van der Waals surface area contributed by atoms with E-state index in [-0.39, 0.29) is 11.8 Å². The Kier molecular flexibility index (Phi) is 6.72. The molecular formula is C24H27N5O2. The zero-order valence-corrected chi connectivity index (χ0v) is 17.7. The van der Waals surface area contributed by atoms with Gasteiger partial charge in [-0.15, -0.1) is 0 Å². The zero-order valence-electron chi connectivity index (χ0n) is 17.7. The Balaban J connectivity index is 1.30. The molecule has 1 aliphatic rings. The predicted molar refractivity (Wildman–Crippen MR) is 119 cm³/mol. The Labute approximate surface area is 182 Å². The number of carbonyl (C=O) groups is 1. The van der Waals surface area contributed by atoms with Crippen LogP contribution in [0.1, 0.15) is 30.9 Å². The molecular weight excluding hydrogens is 390 g/mol. The summed E-state index contributed by atoms with van der Waals surface area (Å²) >= 11 is 0. The first-order chi connectivity index (χ1) is 15.2. The molecule has 0 aliphatic carbocycles. The smallest absolute Gasteiger partial charge is 0.224 e. The third kappa shape index (κ3) is 5.57. The summed E-state index contributed by atoms with van der Waals surface area (Å²) in [5.74, 6) is 2.23. The normalized spacial score (nSPS) is 14.3. The highest BCUT2D eigenvalue weighted by atomic mass is 16.5. The molecule has 1 aliphatic heterocycles. The second-order valence-corrected chi connectivity index (χ2v) is 7.65. The van der Waals surface area contributed by atoms with Crippen molar-refractivity contribution in [2.45, 2.75) is 32.7 Å². The van der Waals surface area contributed by atoms with Crippen LogP contribution in [0, 0.1) is 5.92 Å². The summed E-state index contributed by atoms with van der Waals surface area (Å²) in [4.78, 5) is 27.4. The number of benzene rings is 1. The minimum absolute atomic E-state index is 0.0210. The number of hydrogen-bond donors (Lipinski definition) is 1. The second kappa shape index (κ2) is 10.0. The lowest BCUT2D eigenvalue weighted by Crippen LogP contribution is -2.40. The summed E-state index contributed by atoms with van der Waals surface area (Å²) in [6.07, 6.45) is 7.58. The Morgan fingerprint density at radius 2 is 1.81 bits per heavy atom. The van der Waals surface area contributed by atoms with E-state index in [1.807, 2.05) is 30.3 Å². The molecule has 1 fully saturated rings. The Morgan fingerprint density at radius 3 is 2.52 bits per heavy atom. The number of anilines is 1. The third-order valence-corrected chi connectivity index (χ3v) is 5.59. The van der Waals surface area contributed by atoms with Crippen LogP contribution in [0.15, 0.2) is 61.2 Å². The van der Waals surface area contributed by atoms with Gasteiger partial charge in [0.2, 0.25) is 11.8 Å². The largest absolute Gasteiger partial charge is 0.439 e. The lowest BCUT2D eigenvalue weighted by atomic mass is 9.96. The molecule has 4 rings (SSSR count). The van der Waals surface area contributed by atoms with E-state index in [4.69, 9.17) is 4.74 Å². The molecule has 0 spiro atoms. The Bertz CT molecular complexity index is 986. The summed E-state index contributed by atoms with van der Waals surface area (Å²) in [6.45, 7) is 4.21. The molecule has 0 unspecified atom stereocenters. The van der Waals surface area contributed by atoms with Crippen molar-refractivity contribution in [1.29, 1.82) is 0 Å². The first-order valence-corrected chi connectivity index (χ1v) is 10.7. The van der Waals surface area contributed by atoms with E-state index in [2.05, 4.69) is 44.2 Å². The van der Waals surface area contributed by atoms with Crippen LogP contribution in [0.25, 0.3) is 0 Å². The Morgan fingerprint density at radius 1 is 1.06 bits per heavy atom. The molecule has 160 valence electrons. The molecule has 1 aromatic carbocycles. The molecule has 0 bridgehead atoms. The summed E-state index contributed by atoms with van der Waals surface area (Å²) < 4.78 is 5.90. The van der Waals surface area contributed by atoms with Gasteiger partial charge in [-0.2, -0.15) is 0 Å². The van der Waals surface area contributed by atoms with E-state index in [1.165, 1.54) is 11.9 Å². The van der Waals surface area contributed by atoms with Gasteiger partial charge >= 0.3 is 0 Å². The number of rotatable bonds is 7. The lowest BCUT2D eigenvalue weighted by Gasteiger charge is -2.32. The molecule has 2 aromatic heterocycles. The standard InChI is InChI=1S/C24H27N5O2/c1-2-18-3-5-21(6-4-18)31-23-15-22(27-17-28-23)29-13-9-20(10-14-29)24(30)26-16-19-7-11-25-12-8-19/h3-8,11-12,15,17,20H,2,9-10,13-14,16H2,1H3,(H,26,30). The van der Waals surface area contributed by atoms with Gasteiger partial charge in [-0.3, -0.25) is 9.78 Å². The van der Waals surface area contributed by atoms with Crippen molar-refractivity contribution >= 4 is 11.7 Å². The molecule has 0 atom stereocenters. The van der Waals surface area contributed by atoms with Crippen molar-refractivity contribution in [2.24, 2.45) is 5.92 Å². The minimum Gasteiger partial charge on any atom is -0.439 e. The summed E-state index contributed by atoms with van der Waals surface area (Å²) in [6, 6.07) is 13.7. The van der Waals surface area contributed by atoms with Gasteiger partial charge in [0.05, 0.1) is 0 Å². The topological polar surface area (TPSA) is 80.2 Å². The molecule has 0 radical (unpaired) electrons. The van der Waals surface area contributed by atoms with Gasteiger partial charge < -0.3 is 15.0 Å². The van der Waals surface area contributed by atoms with Crippen LogP contribution >= 0.6 is 0 Å². The molecule has 31 heavy (non-hydrogen) atoms. The molecule has 0 saturated carbocycles. The van der Waals surface area contributed by atoms with Crippen molar-refractivity contribution in [3.05, 3.63) is 72.3 Å². The van der Waals surface area contributed by atoms with Crippen molar-refractivity contribution in [3.63, 3.8) is 0 Å². The molecule has 1 saturated heterocycles. The van der Waals surface area contributed by atoms with Gasteiger partial charge in [-0.1, -0.05) is 19.1 Å². The maximum atomic E-state index is 12.5. The maximum absolute atomic E-state index is 12.5. The highest BCUT2D eigenvalue weighted by molar-refractivity contribution is 5.79. The molecule has 7 heteroatoms. The van der Waals surface area contributed by atoms with Crippen LogP contribution in [0.3, 0.4) is 0 Å². The van der Waals surface area contributed by atoms with Gasteiger partial charge in [0.25, 0.3) is 0 Å². The van der Waals surface area contributed by atoms with E-state index in [1.54, 1.807) is 12.4 Å². The lowest BCUT2D eigenvalue weighted by molar-refractivity contribution is -0.125. The number of carbonyl (C=O) groups excluding carboxylic acids is 1. The molecule has 1 amide bonds. The van der Waals surface area contributed by atoms with E-state index < -0.39 is 0 Å². The maximum Gasteiger partial charge on any atom is 0.224 e. The van der Waals surface area contributed by atoms with Crippen molar-refractivity contribution in [1.82, 2.24) is 20.3 Å². The fourth-order valence-electron chi connectivity index (χ4n) is 3.68. The number of ether oxygens (including phenoxy) is 1. The second-order valence-electron chi connectivity index (χ2n) is 7.65. The average Bonchev–Trinajstić information content (AvgIpc) is 2.84. The first kappa shape index (κ1) is 20.8. The van der Waals surface area contributed by atoms with Crippen LogP contribution < -0.4 is 15.0 Å². The van der Waals surface area contributed by atoms with Crippen molar-refractivity contribution in [2.75, 3.05) is 18.0 Å². The van der Waals surface area contributed by atoms with Crippen molar-refractivity contribution < 1.29 is 9.53 Å². The van der Waals surface area contributed by atoms with Gasteiger partial charge in [-0.05, 0) is 54.7 Å². The number of nitrogens with one attached hydrogen (secondary N) is 1. The average molecular weight is 418 g/mol. The molecule has 7 nitrogen and oxygen atoms in total. The fourth-order valence-corrected chi connectivity index (χ4v) is 3.68. The van der Waals surface area contributed by atoms with Crippen LogP contribution in [0.5, 0.6) is 11.6 Å². The SMILES string of the molecule is CCc1ccc(Oc2cc(N3CCC(C(=O)NCc4ccncc4)CC3)ncn2)cc1. The number of hydrogen-bond acceptors (Lipinski definition) is 6. The first-order valence-electron chi connectivity index (χ1n) is 10.7.